The predicted octanol–water partition coefficient (Wildman–Crippen LogP) is 0.0498. The fraction of sp³-hybridized carbons (Fsp3) is 0.647. The van der Waals surface area contributed by atoms with E-state index >= 15 is 0 Å². The number of hydrogen-bond donors (Lipinski definition) is 0. The summed E-state index contributed by atoms with van der Waals surface area (Å²) < 4.78 is 6.11. The van der Waals surface area contributed by atoms with Crippen molar-refractivity contribution in [2.24, 2.45) is 7.05 Å². The number of ether oxygens (including phenoxy) is 1. The molecule has 0 N–H and O–H groups in total. The summed E-state index contributed by atoms with van der Waals surface area (Å²) in [6.45, 7) is 2.93. The minimum absolute atomic E-state index is 0.0168. The van der Waals surface area contributed by atoms with Crippen molar-refractivity contribution in [3.05, 3.63) is 22.6 Å². The number of piperazine rings is 1. The van der Waals surface area contributed by atoms with Crippen LogP contribution in [0.1, 0.15) is 19.3 Å². The average molecular weight is 363 g/mol. The van der Waals surface area contributed by atoms with Gasteiger partial charge in [-0.25, -0.2) is 9.48 Å². The largest absolute Gasteiger partial charge is 0.453 e. The van der Waals surface area contributed by atoms with Gasteiger partial charge >= 0.3 is 6.09 Å². The van der Waals surface area contributed by atoms with Gasteiger partial charge in [0.1, 0.15) is 6.04 Å². The minimum atomic E-state index is -0.437. The molecule has 1 atom stereocenters. The molecule has 9 nitrogen and oxygen atoms in total. The van der Waals surface area contributed by atoms with Gasteiger partial charge < -0.3 is 14.5 Å². The lowest BCUT2D eigenvalue weighted by Crippen LogP contribution is -2.57. The summed E-state index contributed by atoms with van der Waals surface area (Å²) in [6.07, 6.45) is 3.73. The van der Waals surface area contributed by atoms with Crippen molar-refractivity contribution in [3.63, 3.8) is 0 Å². The van der Waals surface area contributed by atoms with Gasteiger partial charge in [-0.3, -0.25) is 14.5 Å². The maximum atomic E-state index is 12.9. The first-order chi connectivity index (χ1) is 12.5. The fourth-order valence-electron chi connectivity index (χ4n) is 3.55. The van der Waals surface area contributed by atoms with E-state index < -0.39 is 12.1 Å². The third kappa shape index (κ3) is 3.66. The van der Waals surface area contributed by atoms with Crippen LogP contribution in [0.15, 0.2) is 17.1 Å². The number of anilines is 1. The van der Waals surface area contributed by atoms with Crippen LogP contribution in [0.25, 0.3) is 0 Å². The molecule has 142 valence electrons. The monoisotopic (exact) mass is 363 g/mol. The van der Waals surface area contributed by atoms with Crippen LogP contribution in [0.3, 0.4) is 0 Å². The molecule has 9 heteroatoms. The number of piperidine rings is 1. The smallest absolute Gasteiger partial charge is 0.410 e. The highest BCUT2D eigenvalue weighted by molar-refractivity contribution is 5.86. The number of rotatable bonds is 2. The molecule has 2 aliphatic heterocycles. The molecular weight excluding hydrogens is 338 g/mol. The van der Waals surface area contributed by atoms with E-state index in [0.717, 1.165) is 18.5 Å². The van der Waals surface area contributed by atoms with Crippen molar-refractivity contribution in [1.29, 1.82) is 0 Å². The topological polar surface area (TPSA) is 88.0 Å². The van der Waals surface area contributed by atoms with Crippen LogP contribution in [0, 0.1) is 0 Å². The van der Waals surface area contributed by atoms with Gasteiger partial charge in [0.05, 0.1) is 19.0 Å². The van der Waals surface area contributed by atoms with Crippen LogP contribution in [0.2, 0.25) is 0 Å². The van der Waals surface area contributed by atoms with Crippen molar-refractivity contribution in [1.82, 2.24) is 19.6 Å². The predicted molar refractivity (Wildman–Crippen MR) is 95.0 cm³/mol. The molecule has 0 saturated carbocycles. The van der Waals surface area contributed by atoms with E-state index in [1.807, 2.05) is 0 Å². The van der Waals surface area contributed by atoms with Crippen LogP contribution < -0.4 is 10.5 Å². The maximum absolute atomic E-state index is 12.9. The summed E-state index contributed by atoms with van der Waals surface area (Å²) in [7, 11) is 2.95. The molecule has 0 unspecified atom stereocenters. The van der Waals surface area contributed by atoms with Crippen molar-refractivity contribution in [2.75, 3.05) is 44.7 Å². The fourth-order valence-corrected chi connectivity index (χ4v) is 3.55. The number of nitrogens with zero attached hydrogens (tertiary/aromatic N) is 5. The van der Waals surface area contributed by atoms with E-state index in [1.54, 1.807) is 29.1 Å². The second-order valence-electron chi connectivity index (χ2n) is 6.66. The third-order valence-corrected chi connectivity index (χ3v) is 5.11. The van der Waals surface area contributed by atoms with E-state index in [4.69, 9.17) is 4.74 Å². The van der Waals surface area contributed by atoms with E-state index in [9.17, 15) is 14.4 Å². The van der Waals surface area contributed by atoms with Gasteiger partial charge in [0.25, 0.3) is 5.56 Å². The SMILES string of the molecule is COC(=O)N1CCCC[C@@H]1C(=O)N1CCN(c2cnn(C)c(=O)c2)CC1. The first-order valence-corrected chi connectivity index (χ1v) is 8.93. The molecule has 2 aliphatic rings. The molecule has 1 aromatic heterocycles. The molecule has 2 amide bonds. The lowest BCUT2D eigenvalue weighted by atomic mass is 10.0. The Morgan fingerprint density at radius 1 is 1.15 bits per heavy atom. The van der Waals surface area contributed by atoms with E-state index in [-0.39, 0.29) is 11.5 Å². The summed E-state index contributed by atoms with van der Waals surface area (Å²) in [5, 5.41) is 4.04. The van der Waals surface area contributed by atoms with Gasteiger partial charge in [-0.2, -0.15) is 5.10 Å². The van der Waals surface area contributed by atoms with Crippen molar-refractivity contribution in [2.45, 2.75) is 25.3 Å². The molecule has 0 spiro atoms. The van der Waals surface area contributed by atoms with Crippen molar-refractivity contribution >= 4 is 17.7 Å². The van der Waals surface area contributed by atoms with E-state index in [2.05, 4.69) is 10.00 Å². The molecule has 2 fully saturated rings. The molecule has 26 heavy (non-hydrogen) atoms. The van der Waals surface area contributed by atoms with Crippen LogP contribution in [0.4, 0.5) is 10.5 Å². The van der Waals surface area contributed by atoms with Crippen molar-refractivity contribution < 1.29 is 14.3 Å². The van der Waals surface area contributed by atoms with Crippen LogP contribution in [-0.4, -0.2) is 77.5 Å². The quantitative estimate of drug-likeness (QED) is 0.738. The summed E-state index contributed by atoms with van der Waals surface area (Å²) in [5.74, 6) is -0.0168. The Morgan fingerprint density at radius 2 is 1.88 bits per heavy atom. The van der Waals surface area contributed by atoms with Gasteiger partial charge in [-0.1, -0.05) is 0 Å². The van der Waals surface area contributed by atoms with E-state index in [0.29, 0.717) is 39.1 Å². The lowest BCUT2D eigenvalue weighted by Gasteiger charge is -2.40. The normalized spacial score (nSPS) is 20.8. The Bertz CT molecular complexity index is 726. The highest BCUT2D eigenvalue weighted by Crippen LogP contribution is 2.21. The van der Waals surface area contributed by atoms with E-state index in [1.165, 1.54) is 11.8 Å². The molecule has 0 aliphatic carbocycles. The molecule has 1 aromatic rings. The van der Waals surface area contributed by atoms with Crippen LogP contribution in [-0.2, 0) is 16.6 Å². The zero-order valence-corrected chi connectivity index (χ0v) is 15.3. The Balaban J connectivity index is 1.63. The van der Waals surface area contributed by atoms with Gasteiger partial charge in [0, 0.05) is 45.8 Å². The molecule has 3 heterocycles. The third-order valence-electron chi connectivity index (χ3n) is 5.11. The lowest BCUT2D eigenvalue weighted by molar-refractivity contribution is -0.137. The Labute approximate surface area is 152 Å². The summed E-state index contributed by atoms with van der Waals surface area (Å²) >= 11 is 0. The first kappa shape index (κ1) is 18.2. The zero-order chi connectivity index (χ0) is 18.7. The van der Waals surface area contributed by atoms with Gasteiger partial charge in [-0.15, -0.1) is 0 Å². The number of likely N-dealkylation sites (tertiary alicyclic amines) is 1. The molecule has 0 bridgehead atoms. The summed E-state index contributed by atoms with van der Waals surface area (Å²) in [4.78, 5) is 42.0. The van der Waals surface area contributed by atoms with Crippen molar-refractivity contribution in [3.8, 4) is 0 Å². The number of methoxy groups -OCH3 is 1. The number of carbonyl (C=O) groups excluding carboxylic acids is 2. The summed E-state index contributed by atoms with van der Waals surface area (Å²) in [6, 6.07) is 1.12. The molecule has 2 saturated heterocycles. The number of hydrogen-bond acceptors (Lipinski definition) is 6. The Kier molecular flexibility index (Phi) is 5.43. The van der Waals surface area contributed by atoms with Gasteiger partial charge in [-0.05, 0) is 19.3 Å². The van der Waals surface area contributed by atoms with Gasteiger partial charge in [0.2, 0.25) is 5.91 Å². The molecule has 3 rings (SSSR count). The second kappa shape index (κ2) is 7.76. The van der Waals surface area contributed by atoms with Crippen LogP contribution >= 0.6 is 0 Å². The first-order valence-electron chi connectivity index (χ1n) is 8.93. The molecule has 0 aromatic carbocycles. The number of aryl methyl sites for hydroxylation is 1. The minimum Gasteiger partial charge on any atom is -0.453 e. The molecule has 0 radical (unpaired) electrons. The highest BCUT2D eigenvalue weighted by atomic mass is 16.5. The summed E-state index contributed by atoms with van der Waals surface area (Å²) in [5.41, 5.74) is 0.617. The number of carbonyl (C=O) groups is 2. The standard InChI is InChI=1S/C17H25N5O4/c1-19-15(23)11-13(12-18-19)20-7-9-21(10-8-20)16(24)14-5-3-4-6-22(14)17(25)26-2/h11-12,14H,3-10H2,1-2H3/t14-/m1/s1. The Morgan fingerprint density at radius 3 is 2.54 bits per heavy atom. The maximum Gasteiger partial charge on any atom is 0.410 e. The Hall–Kier alpha value is -2.58. The zero-order valence-electron chi connectivity index (χ0n) is 15.3. The number of aromatic nitrogens is 2. The number of amides is 2. The highest BCUT2D eigenvalue weighted by Gasteiger charge is 2.36. The second-order valence-corrected chi connectivity index (χ2v) is 6.66. The van der Waals surface area contributed by atoms with Crippen LogP contribution in [0.5, 0.6) is 0 Å². The van der Waals surface area contributed by atoms with Gasteiger partial charge in [0.15, 0.2) is 0 Å². The molecular formula is C17H25N5O4. The average Bonchev–Trinajstić information content (AvgIpc) is 2.69.